The van der Waals surface area contributed by atoms with E-state index in [1.165, 1.54) is 7.11 Å². The minimum absolute atomic E-state index is 0.0450. The molecule has 1 aliphatic rings. The van der Waals surface area contributed by atoms with E-state index in [0.717, 1.165) is 12.8 Å². The summed E-state index contributed by atoms with van der Waals surface area (Å²) in [4.78, 5) is 25.0. The first kappa shape index (κ1) is 15.5. The fourth-order valence-electron chi connectivity index (χ4n) is 3.07. The molecule has 0 saturated heterocycles. The van der Waals surface area contributed by atoms with Gasteiger partial charge in [0.15, 0.2) is 23.1 Å². The lowest BCUT2D eigenvalue weighted by atomic mass is 9.65. The van der Waals surface area contributed by atoms with Crippen LogP contribution in [0, 0.1) is 0 Å². The van der Waals surface area contributed by atoms with Crippen LogP contribution in [0.3, 0.4) is 0 Å². The number of ketones is 2. The lowest BCUT2D eigenvalue weighted by molar-refractivity contribution is -0.136. The number of carbonyl (C=O) groups excluding carboxylic acids is 2. The maximum atomic E-state index is 12.5. The number of carbonyl (C=O) groups is 2. The van der Waals surface area contributed by atoms with Gasteiger partial charge in [-0.3, -0.25) is 9.59 Å². The van der Waals surface area contributed by atoms with Gasteiger partial charge in [-0.15, -0.1) is 0 Å². The number of ether oxygens (including phenoxy) is 2. The molecule has 1 atom stereocenters. The van der Waals surface area contributed by atoms with Gasteiger partial charge in [-0.2, -0.15) is 0 Å². The van der Waals surface area contributed by atoms with Crippen LogP contribution in [0.25, 0.3) is 0 Å². The van der Waals surface area contributed by atoms with E-state index in [4.69, 9.17) is 15.2 Å². The van der Waals surface area contributed by atoms with E-state index in [2.05, 4.69) is 0 Å². The molecule has 1 aliphatic carbocycles. The Kier molecular flexibility index (Phi) is 4.63. The number of methoxy groups -OCH3 is 2. The van der Waals surface area contributed by atoms with Crippen LogP contribution in [0.5, 0.6) is 11.5 Å². The van der Waals surface area contributed by atoms with Crippen molar-refractivity contribution in [2.75, 3.05) is 20.8 Å². The van der Waals surface area contributed by atoms with Crippen LogP contribution in [0.4, 0.5) is 0 Å². The Labute approximate surface area is 124 Å². The average Bonchev–Trinajstić information content (AvgIpc) is 2.54. The molecule has 0 bridgehead atoms. The monoisotopic (exact) mass is 291 g/mol. The summed E-state index contributed by atoms with van der Waals surface area (Å²) in [7, 11) is 3.08. The van der Waals surface area contributed by atoms with Gasteiger partial charge in [0.2, 0.25) is 0 Å². The zero-order chi connectivity index (χ0) is 15.5. The first-order valence-electron chi connectivity index (χ1n) is 7.09. The number of benzene rings is 1. The molecule has 5 heteroatoms. The highest BCUT2D eigenvalue weighted by Gasteiger charge is 2.47. The van der Waals surface area contributed by atoms with E-state index < -0.39 is 5.41 Å². The lowest BCUT2D eigenvalue weighted by Crippen LogP contribution is -2.48. The van der Waals surface area contributed by atoms with Crippen LogP contribution in [0.1, 0.15) is 31.2 Å². The Balaban J connectivity index is 2.56. The molecule has 2 rings (SSSR count). The molecule has 0 aromatic heterocycles. The molecule has 1 unspecified atom stereocenters. The summed E-state index contributed by atoms with van der Waals surface area (Å²) in [6, 6.07) is 5.20. The summed E-state index contributed by atoms with van der Waals surface area (Å²) in [6.45, 7) is -0.139. The second kappa shape index (κ2) is 6.26. The van der Waals surface area contributed by atoms with Crippen molar-refractivity contribution in [1.82, 2.24) is 0 Å². The van der Waals surface area contributed by atoms with Crippen molar-refractivity contribution < 1.29 is 19.1 Å². The van der Waals surface area contributed by atoms with Gasteiger partial charge in [0.05, 0.1) is 20.8 Å². The van der Waals surface area contributed by atoms with Gasteiger partial charge in [0, 0.05) is 6.42 Å². The highest BCUT2D eigenvalue weighted by Crippen LogP contribution is 2.40. The van der Waals surface area contributed by atoms with Gasteiger partial charge in [0.25, 0.3) is 0 Å². The third-order valence-electron chi connectivity index (χ3n) is 4.22. The molecular weight excluding hydrogens is 270 g/mol. The zero-order valence-corrected chi connectivity index (χ0v) is 12.5. The van der Waals surface area contributed by atoms with E-state index >= 15 is 0 Å². The third kappa shape index (κ3) is 2.53. The predicted molar refractivity (Wildman–Crippen MR) is 78.8 cm³/mol. The molecule has 1 fully saturated rings. The molecule has 21 heavy (non-hydrogen) atoms. The number of nitrogens with two attached hydrogens (primary N) is 1. The summed E-state index contributed by atoms with van der Waals surface area (Å²) < 4.78 is 10.5. The molecule has 0 amide bonds. The molecule has 2 N–H and O–H groups in total. The van der Waals surface area contributed by atoms with Crippen molar-refractivity contribution in [3.63, 3.8) is 0 Å². The van der Waals surface area contributed by atoms with E-state index in [-0.39, 0.29) is 18.1 Å². The summed E-state index contributed by atoms with van der Waals surface area (Å²) in [5, 5.41) is 0. The van der Waals surface area contributed by atoms with Gasteiger partial charge < -0.3 is 15.2 Å². The standard InChI is InChI=1S/C16H21NO4/c1-20-12-7-6-11(9-13(12)21-2)16(15(19)10-17)8-4-3-5-14(16)18/h6-7,9H,3-5,8,10,17H2,1-2H3. The predicted octanol–water partition coefficient (Wildman–Crippen LogP) is 1.61. The van der Waals surface area contributed by atoms with Crippen molar-refractivity contribution in [1.29, 1.82) is 0 Å². The van der Waals surface area contributed by atoms with Crippen molar-refractivity contribution in [2.24, 2.45) is 5.73 Å². The third-order valence-corrected chi connectivity index (χ3v) is 4.22. The van der Waals surface area contributed by atoms with Gasteiger partial charge in [-0.1, -0.05) is 12.5 Å². The van der Waals surface area contributed by atoms with E-state index in [1.54, 1.807) is 25.3 Å². The van der Waals surface area contributed by atoms with Crippen LogP contribution in [-0.4, -0.2) is 32.3 Å². The summed E-state index contributed by atoms with van der Waals surface area (Å²) in [6.07, 6.45) is 2.59. The maximum absolute atomic E-state index is 12.5. The normalized spacial score (nSPS) is 22.0. The molecule has 0 radical (unpaired) electrons. The second-order valence-electron chi connectivity index (χ2n) is 5.23. The SMILES string of the molecule is COc1ccc(C2(C(=O)CN)CCCCC2=O)cc1OC. The van der Waals surface area contributed by atoms with Crippen LogP contribution >= 0.6 is 0 Å². The molecular formula is C16H21NO4. The number of hydrogen-bond donors (Lipinski definition) is 1. The lowest BCUT2D eigenvalue weighted by Gasteiger charge is -2.34. The number of hydrogen-bond acceptors (Lipinski definition) is 5. The maximum Gasteiger partial charge on any atom is 0.164 e. The Morgan fingerprint density at radius 2 is 1.95 bits per heavy atom. The Morgan fingerprint density at radius 1 is 1.24 bits per heavy atom. The molecule has 0 aliphatic heterocycles. The number of Topliss-reactive ketones (excluding diaryl/α,β-unsaturated/α-hetero) is 2. The van der Waals surface area contributed by atoms with E-state index in [0.29, 0.717) is 29.9 Å². The van der Waals surface area contributed by atoms with Gasteiger partial charge in [-0.05, 0) is 30.5 Å². The average molecular weight is 291 g/mol. The van der Waals surface area contributed by atoms with Crippen molar-refractivity contribution in [2.45, 2.75) is 31.1 Å². The second-order valence-corrected chi connectivity index (χ2v) is 5.23. The quantitative estimate of drug-likeness (QED) is 0.834. The molecule has 5 nitrogen and oxygen atoms in total. The largest absolute Gasteiger partial charge is 0.493 e. The van der Waals surface area contributed by atoms with Crippen LogP contribution < -0.4 is 15.2 Å². The van der Waals surface area contributed by atoms with Crippen molar-refractivity contribution in [3.8, 4) is 11.5 Å². The fraction of sp³-hybridized carbons (Fsp3) is 0.500. The van der Waals surface area contributed by atoms with Crippen molar-refractivity contribution >= 4 is 11.6 Å². The van der Waals surface area contributed by atoms with Crippen LogP contribution in [-0.2, 0) is 15.0 Å². The Morgan fingerprint density at radius 3 is 2.52 bits per heavy atom. The van der Waals surface area contributed by atoms with E-state index in [9.17, 15) is 9.59 Å². The fourth-order valence-corrected chi connectivity index (χ4v) is 3.07. The summed E-state index contributed by atoms with van der Waals surface area (Å²) in [5.41, 5.74) is 5.09. The zero-order valence-electron chi connectivity index (χ0n) is 12.5. The first-order valence-corrected chi connectivity index (χ1v) is 7.09. The number of rotatable bonds is 5. The van der Waals surface area contributed by atoms with Gasteiger partial charge in [0.1, 0.15) is 5.41 Å². The molecule has 1 aromatic carbocycles. The minimum Gasteiger partial charge on any atom is -0.493 e. The Hall–Kier alpha value is -1.88. The molecule has 1 saturated carbocycles. The van der Waals surface area contributed by atoms with Crippen molar-refractivity contribution in [3.05, 3.63) is 23.8 Å². The Bertz CT molecular complexity index is 545. The molecule has 0 heterocycles. The van der Waals surface area contributed by atoms with Crippen LogP contribution in [0.2, 0.25) is 0 Å². The first-order chi connectivity index (χ1) is 10.1. The van der Waals surface area contributed by atoms with Crippen LogP contribution in [0.15, 0.2) is 18.2 Å². The van der Waals surface area contributed by atoms with Gasteiger partial charge in [-0.25, -0.2) is 0 Å². The summed E-state index contributed by atoms with van der Waals surface area (Å²) >= 11 is 0. The molecule has 1 aromatic rings. The molecule has 114 valence electrons. The summed E-state index contributed by atoms with van der Waals surface area (Å²) in [5.74, 6) is 0.813. The topological polar surface area (TPSA) is 78.6 Å². The highest BCUT2D eigenvalue weighted by atomic mass is 16.5. The minimum atomic E-state index is -1.12. The van der Waals surface area contributed by atoms with E-state index in [1.807, 2.05) is 0 Å². The highest BCUT2D eigenvalue weighted by molar-refractivity contribution is 6.13. The smallest absolute Gasteiger partial charge is 0.164 e. The molecule has 0 spiro atoms. The van der Waals surface area contributed by atoms with Gasteiger partial charge >= 0.3 is 0 Å².